The fourth-order valence-corrected chi connectivity index (χ4v) is 3.25. The molecule has 1 aliphatic rings. The molecule has 2 heterocycles. The highest BCUT2D eigenvalue weighted by Gasteiger charge is 2.20. The van der Waals surface area contributed by atoms with Gasteiger partial charge in [0.2, 0.25) is 0 Å². The number of nitrogens with zero attached hydrogens (tertiary/aromatic N) is 3. The van der Waals surface area contributed by atoms with Crippen LogP contribution in [0.15, 0.2) is 42.7 Å². The van der Waals surface area contributed by atoms with Crippen LogP contribution in [0, 0.1) is 0 Å². The van der Waals surface area contributed by atoms with Gasteiger partial charge in [-0.3, -0.25) is 4.90 Å². The summed E-state index contributed by atoms with van der Waals surface area (Å²) in [5.41, 5.74) is 2.42. The monoisotopic (exact) mass is 334 g/mol. The third-order valence-corrected chi connectivity index (χ3v) is 4.38. The number of aromatic nitrogens is 2. The quantitative estimate of drug-likeness (QED) is 0.880. The molecule has 0 radical (unpaired) electrons. The summed E-state index contributed by atoms with van der Waals surface area (Å²) in [7, 11) is 0. The van der Waals surface area contributed by atoms with Gasteiger partial charge in [-0.15, -0.1) is 12.4 Å². The molecular weight excluding hydrogens is 308 g/mol. The lowest BCUT2D eigenvalue weighted by molar-refractivity contribution is 0.154. The summed E-state index contributed by atoms with van der Waals surface area (Å²) >= 11 is 0. The summed E-state index contributed by atoms with van der Waals surface area (Å²) in [6.45, 7) is 6.73. The molecule has 0 unspecified atom stereocenters. The zero-order valence-corrected chi connectivity index (χ0v) is 14.6. The normalized spacial score (nSPS) is 15.6. The second-order valence-corrected chi connectivity index (χ2v) is 6.08. The molecule has 3 rings (SSSR count). The molecule has 0 aliphatic carbocycles. The zero-order chi connectivity index (χ0) is 15.2. The van der Waals surface area contributed by atoms with Gasteiger partial charge in [-0.05, 0) is 51.0 Å². The SMILES string of the molecule is CCCN(Cc1cnn(-c2ccccc2)c1)C1CCNCC1.Cl. The molecule has 23 heavy (non-hydrogen) atoms. The van der Waals surface area contributed by atoms with Gasteiger partial charge in [-0.2, -0.15) is 5.10 Å². The number of piperidine rings is 1. The van der Waals surface area contributed by atoms with E-state index in [0.717, 1.165) is 25.3 Å². The van der Waals surface area contributed by atoms with E-state index >= 15 is 0 Å². The lowest BCUT2D eigenvalue weighted by Crippen LogP contribution is -2.43. The molecule has 5 heteroatoms. The first-order valence-corrected chi connectivity index (χ1v) is 8.40. The van der Waals surface area contributed by atoms with Gasteiger partial charge in [0.15, 0.2) is 0 Å². The van der Waals surface area contributed by atoms with E-state index in [1.807, 2.05) is 16.9 Å². The summed E-state index contributed by atoms with van der Waals surface area (Å²) in [5.74, 6) is 0. The first-order chi connectivity index (χ1) is 10.9. The maximum absolute atomic E-state index is 4.52. The summed E-state index contributed by atoms with van der Waals surface area (Å²) in [6.07, 6.45) is 7.90. The van der Waals surface area contributed by atoms with Gasteiger partial charge < -0.3 is 5.32 Å². The van der Waals surface area contributed by atoms with Crippen LogP contribution in [0.5, 0.6) is 0 Å². The molecule has 0 amide bonds. The molecule has 0 spiro atoms. The Morgan fingerprint density at radius 3 is 2.65 bits per heavy atom. The predicted molar refractivity (Wildman–Crippen MR) is 97.4 cm³/mol. The first-order valence-electron chi connectivity index (χ1n) is 8.40. The molecule has 1 aromatic heterocycles. The number of hydrogen-bond donors (Lipinski definition) is 1. The van der Waals surface area contributed by atoms with E-state index in [4.69, 9.17) is 0 Å². The number of benzene rings is 1. The van der Waals surface area contributed by atoms with Crippen LogP contribution in [0.1, 0.15) is 31.7 Å². The smallest absolute Gasteiger partial charge is 0.0645 e. The second-order valence-electron chi connectivity index (χ2n) is 6.08. The van der Waals surface area contributed by atoms with Crippen LogP contribution in [-0.4, -0.2) is 40.4 Å². The Hall–Kier alpha value is -1.36. The average Bonchev–Trinajstić information content (AvgIpc) is 3.05. The van der Waals surface area contributed by atoms with Crippen molar-refractivity contribution < 1.29 is 0 Å². The number of para-hydroxylation sites is 1. The third-order valence-electron chi connectivity index (χ3n) is 4.38. The average molecular weight is 335 g/mol. The van der Waals surface area contributed by atoms with Gasteiger partial charge >= 0.3 is 0 Å². The molecule has 1 saturated heterocycles. The molecule has 1 aromatic carbocycles. The van der Waals surface area contributed by atoms with Gasteiger partial charge in [-0.1, -0.05) is 25.1 Å². The van der Waals surface area contributed by atoms with Crippen LogP contribution in [0.3, 0.4) is 0 Å². The lowest BCUT2D eigenvalue weighted by Gasteiger charge is -2.34. The second kappa shape index (κ2) is 9.06. The van der Waals surface area contributed by atoms with Gasteiger partial charge in [-0.25, -0.2) is 4.68 Å². The molecule has 4 nitrogen and oxygen atoms in total. The van der Waals surface area contributed by atoms with Crippen molar-refractivity contribution in [1.29, 1.82) is 0 Å². The Morgan fingerprint density at radius 1 is 1.22 bits per heavy atom. The Kier molecular flexibility index (Phi) is 7.09. The van der Waals surface area contributed by atoms with Gasteiger partial charge in [0.1, 0.15) is 0 Å². The van der Waals surface area contributed by atoms with Crippen molar-refractivity contribution in [2.45, 2.75) is 38.8 Å². The molecule has 126 valence electrons. The van der Waals surface area contributed by atoms with Crippen molar-refractivity contribution in [3.8, 4) is 5.69 Å². The Labute approximate surface area is 145 Å². The van der Waals surface area contributed by atoms with Gasteiger partial charge in [0, 0.05) is 24.3 Å². The molecular formula is C18H27ClN4. The zero-order valence-electron chi connectivity index (χ0n) is 13.8. The topological polar surface area (TPSA) is 33.1 Å². The number of halogens is 1. The largest absolute Gasteiger partial charge is 0.317 e. The Morgan fingerprint density at radius 2 is 1.96 bits per heavy atom. The highest BCUT2D eigenvalue weighted by Crippen LogP contribution is 2.17. The number of hydrogen-bond acceptors (Lipinski definition) is 3. The molecule has 1 N–H and O–H groups in total. The summed E-state index contributed by atoms with van der Waals surface area (Å²) < 4.78 is 1.97. The van der Waals surface area contributed by atoms with Crippen LogP contribution < -0.4 is 5.32 Å². The van der Waals surface area contributed by atoms with E-state index in [1.165, 1.54) is 31.4 Å². The number of rotatable bonds is 6. The molecule has 1 aliphatic heterocycles. The van der Waals surface area contributed by atoms with Crippen molar-refractivity contribution in [3.63, 3.8) is 0 Å². The standard InChI is InChI=1S/C18H26N4.ClH/c1-2-12-21(17-8-10-19-11-9-17)14-16-13-20-22(15-16)18-6-4-3-5-7-18;/h3-7,13,15,17,19H,2,8-12,14H2,1H3;1H. The van der Waals surface area contributed by atoms with E-state index in [0.29, 0.717) is 6.04 Å². The molecule has 0 saturated carbocycles. The highest BCUT2D eigenvalue weighted by molar-refractivity contribution is 5.85. The van der Waals surface area contributed by atoms with Crippen molar-refractivity contribution in [1.82, 2.24) is 20.0 Å². The summed E-state index contributed by atoms with van der Waals surface area (Å²) in [6, 6.07) is 11.0. The van der Waals surface area contributed by atoms with Crippen LogP contribution in [0.25, 0.3) is 5.69 Å². The van der Waals surface area contributed by atoms with E-state index in [9.17, 15) is 0 Å². The van der Waals surface area contributed by atoms with E-state index in [-0.39, 0.29) is 12.4 Å². The molecule has 1 fully saturated rings. The molecule has 0 bridgehead atoms. The summed E-state index contributed by atoms with van der Waals surface area (Å²) in [5, 5.41) is 7.98. The Bertz CT molecular complexity index is 563. The maximum Gasteiger partial charge on any atom is 0.0645 e. The fraction of sp³-hybridized carbons (Fsp3) is 0.500. The van der Waals surface area contributed by atoms with Crippen molar-refractivity contribution in [2.75, 3.05) is 19.6 Å². The van der Waals surface area contributed by atoms with Crippen LogP contribution in [-0.2, 0) is 6.54 Å². The van der Waals surface area contributed by atoms with E-state index < -0.39 is 0 Å². The minimum atomic E-state index is 0. The maximum atomic E-state index is 4.52. The first kappa shape index (κ1) is 18.0. The third kappa shape index (κ3) is 4.80. The van der Waals surface area contributed by atoms with Crippen molar-refractivity contribution in [3.05, 3.63) is 48.3 Å². The predicted octanol–water partition coefficient (Wildman–Crippen LogP) is 3.26. The van der Waals surface area contributed by atoms with Crippen LogP contribution in [0.4, 0.5) is 0 Å². The molecule has 2 aromatic rings. The minimum Gasteiger partial charge on any atom is -0.317 e. The highest BCUT2D eigenvalue weighted by atomic mass is 35.5. The Balaban J connectivity index is 0.00000192. The van der Waals surface area contributed by atoms with Crippen LogP contribution >= 0.6 is 12.4 Å². The summed E-state index contributed by atoms with van der Waals surface area (Å²) in [4.78, 5) is 2.63. The fourth-order valence-electron chi connectivity index (χ4n) is 3.25. The lowest BCUT2D eigenvalue weighted by atomic mass is 10.0. The van der Waals surface area contributed by atoms with E-state index in [2.05, 4.69) is 52.7 Å². The van der Waals surface area contributed by atoms with Crippen LogP contribution in [0.2, 0.25) is 0 Å². The minimum absolute atomic E-state index is 0. The van der Waals surface area contributed by atoms with Gasteiger partial charge in [0.05, 0.1) is 11.9 Å². The van der Waals surface area contributed by atoms with E-state index in [1.54, 1.807) is 0 Å². The van der Waals surface area contributed by atoms with Crippen molar-refractivity contribution in [2.24, 2.45) is 0 Å². The van der Waals surface area contributed by atoms with Gasteiger partial charge in [0.25, 0.3) is 0 Å². The molecule has 0 atom stereocenters. The number of nitrogens with one attached hydrogen (secondary N) is 1. The van der Waals surface area contributed by atoms with Crippen molar-refractivity contribution >= 4 is 12.4 Å².